The van der Waals surface area contributed by atoms with E-state index in [2.05, 4.69) is 0 Å². The average molecular weight is 469 g/mol. The first-order valence-electron chi connectivity index (χ1n) is 11.7. The molecule has 0 bridgehead atoms. The highest BCUT2D eigenvalue weighted by atomic mass is 16.3. The van der Waals surface area contributed by atoms with Crippen LogP contribution in [-0.4, -0.2) is 44.7 Å². The highest BCUT2D eigenvalue weighted by Crippen LogP contribution is 2.67. The van der Waals surface area contributed by atoms with Crippen molar-refractivity contribution in [2.45, 2.75) is 65.9 Å². The summed E-state index contributed by atoms with van der Waals surface area (Å²) in [4.78, 5) is 67.4. The first kappa shape index (κ1) is 24.5. The number of hydrogen-bond donors (Lipinski definition) is 2. The monoisotopic (exact) mass is 468 g/mol. The van der Waals surface area contributed by atoms with Crippen LogP contribution in [0.15, 0.2) is 18.2 Å². The number of aromatic hydroxyl groups is 1. The van der Waals surface area contributed by atoms with Crippen LogP contribution in [0.5, 0.6) is 5.75 Å². The third-order valence-corrected chi connectivity index (χ3v) is 9.44. The summed E-state index contributed by atoms with van der Waals surface area (Å²) in [6.07, 6.45) is 0.0334. The molecule has 0 aromatic heterocycles. The van der Waals surface area contributed by atoms with Crippen LogP contribution in [0.4, 0.5) is 0 Å². The van der Waals surface area contributed by atoms with E-state index in [0.29, 0.717) is 5.56 Å². The van der Waals surface area contributed by atoms with Gasteiger partial charge < -0.3 is 10.2 Å². The zero-order valence-electron chi connectivity index (χ0n) is 20.7. The molecule has 0 spiro atoms. The number of fused-ring (bicyclic) bond motifs is 3. The van der Waals surface area contributed by atoms with Gasteiger partial charge in [-0.3, -0.25) is 24.0 Å². The maximum Gasteiger partial charge on any atom is 0.190 e. The SMILES string of the molecule is CC(=O)C1C(=O)C(C(C)C)[C@@]2(C)C[C@]3(C)C(C(=O)c4c(O)cccc4C3(C)C)C(=O)[C@@]2(O)C1=O. The molecule has 1 aromatic rings. The van der Waals surface area contributed by atoms with Crippen molar-refractivity contribution in [2.75, 3.05) is 0 Å². The molecule has 0 saturated heterocycles. The van der Waals surface area contributed by atoms with Gasteiger partial charge in [0, 0.05) is 11.3 Å². The number of carbonyl (C=O) groups is 5. The summed E-state index contributed by atoms with van der Waals surface area (Å²) in [6, 6.07) is 4.75. The molecule has 3 aliphatic rings. The summed E-state index contributed by atoms with van der Waals surface area (Å²) >= 11 is 0. The largest absolute Gasteiger partial charge is 0.507 e. The van der Waals surface area contributed by atoms with E-state index in [4.69, 9.17) is 0 Å². The van der Waals surface area contributed by atoms with Crippen molar-refractivity contribution < 1.29 is 34.2 Å². The van der Waals surface area contributed by atoms with E-state index in [1.54, 1.807) is 39.8 Å². The van der Waals surface area contributed by atoms with Gasteiger partial charge in [-0.2, -0.15) is 0 Å². The second kappa shape index (κ2) is 6.94. The maximum absolute atomic E-state index is 14.2. The lowest BCUT2D eigenvalue weighted by molar-refractivity contribution is -0.209. The first-order valence-corrected chi connectivity index (χ1v) is 11.7. The number of hydrogen-bond acceptors (Lipinski definition) is 7. The molecule has 6 atom stereocenters. The molecular formula is C27H32O7. The zero-order valence-corrected chi connectivity index (χ0v) is 20.7. The van der Waals surface area contributed by atoms with Crippen molar-refractivity contribution in [1.29, 1.82) is 0 Å². The molecule has 1 aromatic carbocycles. The van der Waals surface area contributed by atoms with Crippen molar-refractivity contribution in [1.82, 2.24) is 0 Å². The summed E-state index contributed by atoms with van der Waals surface area (Å²) < 4.78 is 0. The number of phenolic OH excluding ortho intramolecular Hbond substituents is 1. The Hall–Kier alpha value is -2.67. The molecule has 7 nitrogen and oxygen atoms in total. The molecule has 0 heterocycles. The van der Waals surface area contributed by atoms with Crippen molar-refractivity contribution in [3.05, 3.63) is 29.3 Å². The summed E-state index contributed by atoms with van der Waals surface area (Å²) in [5.41, 5.74) is -5.50. The van der Waals surface area contributed by atoms with E-state index < -0.39 is 68.5 Å². The van der Waals surface area contributed by atoms with E-state index in [-0.39, 0.29) is 23.7 Å². The molecule has 3 unspecified atom stereocenters. The van der Waals surface area contributed by atoms with E-state index in [1.165, 1.54) is 6.07 Å². The highest BCUT2D eigenvalue weighted by Gasteiger charge is 2.78. The van der Waals surface area contributed by atoms with Crippen LogP contribution >= 0.6 is 0 Å². The Morgan fingerprint density at radius 2 is 1.59 bits per heavy atom. The lowest BCUT2D eigenvalue weighted by Gasteiger charge is -2.65. The lowest BCUT2D eigenvalue weighted by Crippen LogP contribution is -2.78. The second-order valence-corrected chi connectivity index (χ2v) is 11.7. The van der Waals surface area contributed by atoms with Crippen molar-refractivity contribution >= 4 is 28.9 Å². The number of carbonyl (C=O) groups excluding carboxylic acids is 5. The Labute approximate surface area is 198 Å². The fourth-order valence-corrected chi connectivity index (χ4v) is 7.55. The normalized spacial score (nSPS) is 38.9. The van der Waals surface area contributed by atoms with E-state index in [9.17, 15) is 34.2 Å². The average Bonchev–Trinajstić information content (AvgIpc) is 2.69. The Kier molecular flexibility index (Phi) is 4.99. The standard InChI is InChI=1S/C27H32O7/c1-12(2)18-20(30)16(13(3)28)22(32)27(34)23(33)19-21(31)17-14(9-8-10-15(17)29)24(4,5)25(19,6)11-26(18,27)7/h8-10,12,16,18-19,29,34H,11H2,1-7H3/t16?,18?,19?,25-,26-,27+/m1/s1. The van der Waals surface area contributed by atoms with Gasteiger partial charge in [0.2, 0.25) is 0 Å². The molecule has 0 radical (unpaired) electrons. The van der Waals surface area contributed by atoms with Gasteiger partial charge in [0.25, 0.3) is 0 Å². The third kappa shape index (κ3) is 2.48. The molecule has 7 heteroatoms. The fraction of sp³-hybridized carbons (Fsp3) is 0.593. The highest BCUT2D eigenvalue weighted by molar-refractivity contribution is 6.32. The van der Waals surface area contributed by atoms with Crippen LogP contribution in [0.3, 0.4) is 0 Å². The van der Waals surface area contributed by atoms with Gasteiger partial charge >= 0.3 is 0 Å². The number of rotatable bonds is 2. The van der Waals surface area contributed by atoms with Gasteiger partial charge in [0.05, 0.1) is 11.5 Å². The lowest BCUT2D eigenvalue weighted by atomic mass is 9.36. The van der Waals surface area contributed by atoms with Gasteiger partial charge in [-0.15, -0.1) is 0 Å². The zero-order chi connectivity index (χ0) is 25.8. The van der Waals surface area contributed by atoms with Crippen LogP contribution in [0.2, 0.25) is 0 Å². The predicted molar refractivity (Wildman–Crippen MR) is 122 cm³/mol. The maximum atomic E-state index is 14.2. The van der Waals surface area contributed by atoms with Crippen LogP contribution in [0.1, 0.15) is 70.8 Å². The molecule has 2 N–H and O–H groups in total. The number of aliphatic hydroxyl groups is 1. The summed E-state index contributed by atoms with van der Waals surface area (Å²) in [5.74, 6) is -8.81. The van der Waals surface area contributed by atoms with Crippen molar-refractivity contribution in [3.63, 3.8) is 0 Å². The Bertz CT molecular complexity index is 1180. The van der Waals surface area contributed by atoms with Gasteiger partial charge in [0.1, 0.15) is 17.5 Å². The summed E-state index contributed by atoms with van der Waals surface area (Å²) in [6.45, 7) is 11.7. The topological polar surface area (TPSA) is 126 Å². The van der Waals surface area contributed by atoms with E-state index >= 15 is 0 Å². The van der Waals surface area contributed by atoms with Crippen molar-refractivity contribution in [2.24, 2.45) is 34.5 Å². The van der Waals surface area contributed by atoms with Crippen LogP contribution in [0, 0.1) is 34.5 Å². The smallest absolute Gasteiger partial charge is 0.190 e. The predicted octanol–water partition coefficient (Wildman–Crippen LogP) is 2.83. The molecule has 2 fully saturated rings. The van der Waals surface area contributed by atoms with E-state index in [0.717, 1.165) is 6.92 Å². The Morgan fingerprint density at radius 3 is 2.12 bits per heavy atom. The van der Waals surface area contributed by atoms with E-state index in [1.807, 2.05) is 13.8 Å². The molecule has 182 valence electrons. The minimum Gasteiger partial charge on any atom is -0.507 e. The van der Waals surface area contributed by atoms with Crippen LogP contribution < -0.4 is 0 Å². The Balaban J connectivity index is 2.06. The van der Waals surface area contributed by atoms with Gasteiger partial charge in [-0.1, -0.05) is 53.7 Å². The summed E-state index contributed by atoms with van der Waals surface area (Å²) in [7, 11) is 0. The number of benzene rings is 1. The number of ketones is 5. The van der Waals surface area contributed by atoms with Crippen molar-refractivity contribution in [3.8, 4) is 5.75 Å². The molecule has 0 amide bonds. The molecule has 3 aliphatic carbocycles. The van der Waals surface area contributed by atoms with Gasteiger partial charge in [-0.25, -0.2) is 0 Å². The molecule has 34 heavy (non-hydrogen) atoms. The van der Waals surface area contributed by atoms with Crippen LogP contribution in [0.25, 0.3) is 0 Å². The molecule has 0 aliphatic heterocycles. The minimum atomic E-state index is -2.68. The van der Waals surface area contributed by atoms with Gasteiger partial charge in [0.15, 0.2) is 28.7 Å². The number of phenols is 1. The first-order chi connectivity index (χ1) is 15.5. The fourth-order valence-electron chi connectivity index (χ4n) is 7.55. The third-order valence-electron chi connectivity index (χ3n) is 9.44. The molecule has 2 saturated carbocycles. The Morgan fingerprint density at radius 1 is 1.00 bits per heavy atom. The molecule has 4 rings (SSSR count). The minimum absolute atomic E-state index is 0.0124. The number of Topliss-reactive ketones (excluding diaryl/α,β-unsaturated/α-hetero) is 5. The quantitative estimate of drug-likeness (QED) is 0.639. The summed E-state index contributed by atoms with van der Waals surface area (Å²) in [5, 5.41) is 22.5. The second-order valence-electron chi connectivity index (χ2n) is 11.7. The molecular weight excluding hydrogens is 436 g/mol. The van der Waals surface area contributed by atoms with Crippen LogP contribution in [-0.2, 0) is 24.6 Å². The van der Waals surface area contributed by atoms with Gasteiger partial charge in [-0.05, 0) is 41.7 Å².